The molecule has 2 saturated carbocycles. The van der Waals surface area contributed by atoms with Crippen molar-refractivity contribution >= 4 is 11.6 Å². The average Bonchev–Trinajstić information content (AvgIpc) is 3.33. The maximum absolute atomic E-state index is 11.4. The van der Waals surface area contributed by atoms with E-state index in [0.717, 1.165) is 36.9 Å². The molecule has 1 heterocycles. The van der Waals surface area contributed by atoms with Gasteiger partial charge in [0.15, 0.2) is 0 Å². The molecule has 4 rings (SSSR count). The van der Waals surface area contributed by atoms with Crippen molar-refractivity contribution < 1.29 is 9.84 Å². The second-order valence-electron chi connectivity index (χ2n) is 8.02. The lowest BCUT2D eigenvalue weighted by Crippen LogP contribution is -2.49. The normalized spacial score (nSPS) is 35.5. The number of halogens is 1. The third-order valence-corrected chi connectivity index (χ3v) is 7.16. The van der Waals surface area contributed by atoms with Gasteiger partial charge >= 0.3 is 0 Å². The Morgan fingerprint density at radius 2 is 2.16 bits per heavy atom. The molecule has 4 nitrogen and oxygen atoms in total. The van der Waals surface area contributed by atoms with E-state index >= 15 is 0 Å². The SMILES string of the molecule is COc1cc(Cl)ccc1C(O)N(C1CC2CCC1[C@H]2C)[C@H]1CCNC1. The van der Waals surface area contributed by atoms with Crippen LogP contribution in [0.1, 0.15) is 44.4 Å². The fraction of sp³-hybridized carbons (Fsp3) is 0.700. The van der Waals surface area contributed by atoms with Crippen molar-refractivity contribution in [1.29, 1.82) is 0 Å². The predicted molar refractivity (Wildman–Crippen MR) is 99.9 cm³/mol. The van der Waals surface area contributed by atoms with Gasteiger partial charge in [0.1, 0.15) is 12.0 Å². The van der Waals surface area contributed by atoms with Crippen molar-refractivity contribution in [2.75, 3.05) is 20.2 Å². The number of aliphatic hydroxyl groups excluding tert-OH is 1. The van der Waals surface area contributed by atoms with Crippen LogP contribution in [0.4, 0.5) is 0 Å². The molecule has 2 bridgehead atoms. The fourth-order valence-corrected chi connectivity index (χ4v) is 5.75. The van der Waals surface area contributed by atoms with Crippen LogP contribution in [0.2, 0.25) is 5.02 Å². The Hall–Kier alpha value is -0.810. The van der Waals surface area contributed by atoms with E-state index in [0.29, 0.717) is 28.8 Å². The Morgan fingerprint density at radius 1 is 1.32 bits per heavy atom. The first-order valence-electron chi connectivity index (χ1n) is 9.59. The first-order valence-corrected chi connectivity index (χ1v) is 9.97. The quantitative estimate of drug-likeness (QED) is 0.785. The molecule has 6 atom stereocenters. The van der Waals surface area contributed by atoms with Crippen molar-refractivity contribution in [3.05, 3.63) is 28.8 Å². The van der Waals surface area contributed by atoms with Crippen LogP contribution in [-0.2, 0) is 0 Å². The molecule has 1 aliphatic heterocycles. The number of fused-ring (bicyclic) bond motifs is 2. The minimum absolute atomic E-state index is 0.381. The van der Waals surface area contributed by atoms with Crippen LogP contribution in [0.25, 0.3) is 0 Å². The van der Waals surface area contributed by atoms with Crippen LogP contribution in [0.3, 0.4) is 0 Å². The summed E-state index contributed by atoms with van der Waals surface area (Å²) >= 11 is 6.12. The molecule has 1 aromatic rings. The third-order valence-electron chi connectivity index (χ3n) is 6.92. The molecule has 2 N–H and O–H groups in total. The van der Waals surface area contributed by atoms with Gasteiger partial charge in [0.05, 0.1) is 7.11 Å². The van der Waals surface area contributed by atoms with Gasteiger partial charge in [0, 0.05) is 29.2 Å². The van der Waals surface area contributed by atoms with Crippen LogP contribution < -0.4 is 10.1 Å². The Kier molecular flexibility index (Phi) is 4.98. The first-order chi connectivity index (χ1) is 12.1. The molecule has 138 valence electrons. The highest BCUT2D eigenvalue weighted by atomic mass is 35.5. The molecule has 25 heavy (non-hydrogen) atoms. The molecule has 3 aliphatic rings. The van der Waals surface area contributed by atoms with Gasteiger partial charge in [0.25, 0.3) is 0 Å². The summed E-state index contributed by atoms with van der Waals surface area (Å²) in [6, 6.07) is 6.41. The van der Waals surface area contributed by atoms with Crippen LogP contribution in [0.5, 0.6) is 5.75 Å². The lowest BCUT2D eigenvalue weighted by atomic mass is 9.91. The van der Waals surface area contributed by atoms with Crippen LogP contribution in [0.15, 0.2) is 18.2 Å². The smallest absolute Gasteiger partial charge is 0.137 e. The molecule has 0 amide bonds. The van der Waals surface area contributed by atoms with Gasteiger partial charge in [-0.25, -0.2) is 0 Å². The van der Waals surface area contributed by atoms with Gasteiger partial charge in [-0.2, -0.15) is 0 Å². The van der Waals surface area contributed by atoms with Crippen molar-refractivity contribution in [3.8, 4) is 5.75 Å². The summed E-state index contributed by atoms with van der Waals surface area (Å²) in [4.78, 5) is 2.39. The van der Waals surface area contributed by atoms with Crippen LogP contribution in [0, 0.1) is 17.8 Å². The molecule has 3 fully saturated rings. The maximum atomic E-state index is 11.4. The summed E-state index contributed by atoms with van der Waals surface area (Å²) in [5.74, 6) is 2.98. The first kappa shape index (κ1) is 17.6. The predicted octanol–water partition coefficient (Wildman–Crippen LogP) is 3.44. The Bertz CT molecular complexity index is 620. The highest BCUT2D eigenvalue weighted by Crippen LogP contribution is 2.53. The Balaban J connectivity index is 1.66. The number of methoxy groups -OCH3 is 1. The topological polar surface area (TPSA) is 44.7 Å². The maximum Gasteiger partial charge on any atom is 0.137 e. The summed E-state index contributed by atoms with van der Waals surface area (Å²) < 4.78 is 5.52. The lowest BCUT2D eigenvalue weighted by Gasteiger charge is -2.42. The van der Waals surface area contributed by atoms with E-state index in [1.165, 1.54) is 19.3 Å². The van der Waals surface area contributed by atoms with Crippen molar-refractivity contribution in [2.24, 2.45) is 17.8 Å². The number of hydrogen-bond donors (Lipinski definition) is 2. The summed E-state index contributed by atoms with van der Waals surface area (Å²) in [6.45, 7) is 4.39. The highest BCUT2D eigenvalue weighted by Gasteiger charge is 2.50. The zero-order chi connectivity index (χ0) is 17.6. The fourth-order valence-electron chi connectivity index (χ4n) is 5.59. The number of nitrogens with zero attached hydrogens (tertiary/aromatic N) is 1. The van der Waals surface area contributed by atoms with E-state index in [1.807, 2.05) is 12.1 Å². The Morgan fingerprint density at radius 3 is 2.76 bits per heavy atom. The van der Waals surface area contributed by atoms with Gasteiger partial charge in [-0.15, -0.1) is 0 Å². The molecule has 0 radical (unpaired) electrons. The summed E-state index contributed by atoms with van der Waals surface area (Å²) in [5.41, 5.74) is 0.828. The largest absolute Gasteiger partial charge is 0.496 e. The highest BCUT2D eigenvalue weighted by molar-refractivity contribution is 6.30. The molecule has 1 saturated heterocycles. The molecule has 5 heteroatoms. The molecule has 2 aliphatic carbocycles. The van der Waals surface area contributed by atoms with E-state index in [4.69, 9.17) is 16.3 Å². The summed E-state index contributed by atoms with van der Waals surface area (Å²) in [6.07, 6.45) is 4.33. The second kappa shape index (κ2) is 7.07. The van der Waals surface area contributed by atoms with Crippen LogP contribution >= 0.6 is 11.6 Å². The number of rotatable bonds is 5. The van der Waals surface area contributed by atoms with E-state index in [9.17, 15) is 5.11 Å². The molecular formula is C20H29ClN2O2. The molecule has 4 unspecified atom stereocenters. The van der Waals surface area contributed by atoms with Gasteiger partial charge in [0.2, 0.25) is 0 Å². The van der Waals surface area contributed by atoms with E-state index in [1.54, 1.807) is 13.2 Å². The van der Waals surface area contributed by atoms with Crippen LogP contribution in [-0.4, -0.2) is 42.3 Å². The molecular weight excluding hydrogens is 336 g/mol. The monoisotopic (exact) mass is 364 g/mol. The zero-order valence-electron chi connectivity index (χ0n) is 15.1. The molecule has 1 aromatic carbocycles. The van der Waals surface area contributed by atoms with E-state index in [2.05, 4.69) is 17.1 Å². The third kappa shape index (κ3) is 3.08. The van der Waals surface area contributed by atoms with Crippen molar-refractivity contribution in [3.63, 3.8) is 0 Å². The minimum atomic E-state index is -0.645. The van der Waals surface area contributed by atoms with E-state index in [-0.39, 0.29) is 0 Å². The number of aliphatic hydroxyl groups is 1. The van der Waals surface area contributed by atoms with Gasteiger partial charge in [-0.1, -0.05) is 18.5 Å². The van der Waals surface area contributed by atoms with Crippen molar-refractivity contribution in [2.45, 2.75) is 50.9 Å². The average molecular weight is 365 g/mol. The van der Waals surface area contributed by atoms with Crippen molar-refractivity contribution in [1.82, 2.24) is 10.2 Å². The van der Waals surface area contributed by atoms with E-state index < -0.39 is 6.23 Å². The van der Waals surface area contributed by atoms with Gasteiger partial charge in [-0.05, 0) is 68.2 Å². The summed E-state index contributed by atoms with van der Waals surface area (Å²) in [5, 5.41) is 15.5. The number of ether oxygens (including phenoxy) is 1. The van der Waals surface area contributed by atoms with Gasteiger partial charge in [-0.3, -0.25) is 4.90 Å². The Labute approximate surface area is 155 Å². The molecule has 0 aromatic heterocycles. The van der Waals surface area contributed by atoms with Gasteiger partial charge < -0.3 is 15.2 Å². The number of benzene rings is 1. The number of nitrogens with one attached hydrogen (secondary N) is 1. The standard InChI is InChI=1S/C20H29ClN2O2/c1-12-13-3-5-16(12)18(9-13)23(15-7-8-22-11-15)20(24)17-6-4-14(21)10-19(17)25-2/h4,6,10,12-13,15-16,18,20,22,24H,3,5,7-9,11H2,1-2H3/t12-,13?,15-,16?,18?,20?/m0/s1. The number of hydrogen-bond acceptors (Lipinski definition) is 4. The lowest BCUT2D eigenvalue weighted by molar-refractivity contribution is -0.0682. The second-order valence-corrected chi connectivity index (χ2v) is 8.45. The zero-order valence-corrected chi connectivity index (χ0v) is 15.9. The molecule has 0 spiro atoms. The summed E-state index contributed by atoms with van der Waals surface area (Å²) in [7, 11) is 1.64. The minimum Gasteiger partial charge on any atom is -0.496 e.